The number of nitrogens with one attached hydrogen (secondary N) is 1. The Balaban J connectivity index is 1.58. The van der Waals surface area contributed by atoms with Crippen molar-refractivity contribution >= 4 is 34.0 Å². The van der Waals surface area contributed by atoms with Crippen LogP contribution in [-0.2, 0) is 9.59 Å². The summed E-state index contributed by atoms with van der Waals surface area (Å²) in [4.78, 5) is 26.2. The van der Waals surface area contributed by atoms with E-state index >= 15 is 0 Å². The third-order valence-electron chi connectivity index (χ3n) is 4.51. The molecule has 0 fully saturated rings. The number of phenols is 1. The van der Waals surface area contributed by atoms with Crippen molar-refractivity contribution in [3.8, 4) is 11.5 Å². The number of nitrogens with zero attached hydrogens (tertiary/aromatic N) is 1. The zero-order chi connectivity index (χ0) is 19.0. The number of hydrogen-bond donors (Lipinski definition) is 2. The number of rotatable bonds is 3. The number of carbonyl (C=O) groups excluding carboxylic acids is 2. The molecule has 3 aromatic carbocycles. The highest BCUT2D eigenvalue weighted by atomic mass is 16.5. The summed E-state index contributed by atoms with van der Waals surface area (Å²) in [6.07, 6.45) is 0. The van der Waals surface area contributed by atoms with Crippen molar-refractivity contribution < 1.29 is 19.4 Å². The van der Waals surface area contributed by atoms with Gasteiger partial charge in [-0.2, -0.15) is 0 Å². The molecule has 0 atom stereocenters. The first-order valence-electron chi connectivity index (χ1n) is 8.58. The Kier molecular flexibility index (Phi) is 4.16. The summed E-state index contributed by atoms with van der Waals surface area (Å²) in [6.45, 7) is 1.97. The molecule has 0 aromatic heterocycles. The lowest BCUT2D eigenvalue weighted by Crippen LogP contribution is -2.41. The van der Waals surface area contributed by atoms with Crippen LogP contribution in [0.25, 0.3) is 10.8 Å². The minimum absolute atomic E-state index is 0.0141. The molecule has 3 aromatic rings. The lowest BCUT2D eigenvalue weighted by atomic mass is 10.1. The minimum atomic E-state index is -0.394. The van der Waals surface area contributed by atoms with Crippen LogP contribution in [0.2, 0.25) is 0 Å². The van der Waals surface area contributed by atoms with Gasteiger partial charge >= 0.3 is 5.97 Å². The third-order valence-corrected chi connectivity index (χ3v) is 4.51. The number of ether oxygens (including phenoxy) is 1. The Hall–Kier alpha value is -3.54. The zero-order valence-corrected chi connectivity index (χ0v) is 14.7. The average Bonchev–Trinajstić information content (AvgIpc) is 2.63. The van der Waals surface area contributed by atoms with Gasteiger partial charge in [0.2, 0.25) is 5.91 Å². The second-order valence-electron chi connectivity index (χ2n) is 6.53. The van der Waals surface area contributed by atoms with Gasteiger partial charge in [0, 0.05) is 16.5 Å². The number of carbonyl (C=O) groups is 2. The lowest BCUT2D eigenvalue weighted by Gasteiger charge is -2.29. The topological polar surface area (TPSA) is 78.9 Å². The van der Waals surface area contributed by atoms with E-state index in [1.807, 2.05) is 25.1 Å². The molecule has 2 N–H and O–H groups in total. The van der Waals surface area contributed by atoms with Gasteiger partial charge in [0.1, 0.15) is 12.3 Å². The second kappa shape index (κ2) is 6.64. The minimum Gasteiger partial charge on any atom is -0.507 e. The summed E-state index contributed by atoms with van der Waals surface area (Å²) >= 11 is 0. The van der Waals surface area contributed by atoms with Crippen LogP contribution in [0, 0.1) is 6.92 Å². The van der Waals surface area contributed by atoms with Gasteiger partial charge in [0.05, 0.1) is 12.2 Å². The highest BCUT2D eigenvalue weighted by Crippen LogP contribution is 2.33. The van der Waals surface area contributed by atoms with Gasteiger partial charge in [0.15, 0.2) is 5.75 Å². The molecule has 1 amide bonds. The number of amides is 1. The van der Waals surface area contributed by atoms with Gasteiger partial charge in [0.25, 0.3) is 0 Å². The van der Waals surface area contributed by atoms with Crippen LogP contribution in [0.15, 0.2) is 54.6 Å². The predicted octanol–water partition coefficient (Wildman–Crippen LogP) is 3.22. The molecule has 6 nitrogen and oxygen atoms in total. The van der Waals surface area contributed by atoms with Gasteiger partial charge in [-0.05, 0) is 36.8 Å². The van der Waals surface area contributed by atoms with Crippen molar-refractivity contribution in [3.63, 3.8) is 0 Å². The first kappa shape index (κ1) is 16.9. The SMILES string of the molecule is Cc1ccc2c(c1)N(CC(=O)Nc1cccc3c(O)cccc13)CC(=O)O2. The van der Waals surface area contributed by atoms with E-state index in [9.17, 15) is 14.7 Å². The number of anilines is 2. The Labute approximate surface area is 156 Å². The van der Waals surface area contributed by atoms with E-state index < -0.39 is 5.97 Å². The number of aromatic hydroxyl groups is 1. The standard InChI is InChI=1S/C21H18N2O4/c1-13-8-9-19-17(10-13)23(12-21(26)27-19)11-20(25)22-16-6-2-5-15-14(16)4-3-7-18(15)24/h2-10,24H,11-12H2,1H3,(H,22,25). The second-order valence-corrected chi connectivity index (χ2v) is 6.53. The van der Waals surface area contributed by atoms with Crippen LogP contribution in [-0.4, -0.2) is 30.1 Å². The van der Waals surface area contributed by atoms with Gasteiger partial charge in [-0.25, -0.2) is 4.79 Å². The quantitative estimate of drug-likeness (QED) is 0.552. The zero-order valence-electron chi connectivity index (χ0n) is 14.7. The van der Waals surface area contributed by atoms with Gasteiger partial charge in [-0.1, -0.05) is 30.3 Å². The largest absolute Gasteiger partial charge is 0.507 e. The molecule has 1 heterocycles. The fraction of sp³-hybridized carbons (Fsp3) is 0.143. The Morgan fingerprint density at radius 3 is 2.78 bits per heavy atom. The number of benzene rings is 3. The Bertz CT molecular complexity index is 1060. The summed E-state index contributed by atoms with van der Waals surface area (Å²) in [7, 11) is 0. The maximum atomic E-state index is 12.6. The first-order chi connectivity index (χ1) is 13.0. The van der Waals surface area contributed by atoms with Crippen molar-refractivity contribution in [2.75, 3.05) is 23.3 Å². The molecule has 4 rings (SSSR count). The van der Waals surface area contributed by atoms with Crippen molar-refractivity contribution in [3.05, 3.63) is 60.2 Å². The molecule has 0 spiro atoms. The number of esters is 1. The summed E-state index contributed by atoms with van der Waals surface area (Å²) in [5.74, 6) is -0.0336. The van der Waals surface area contributed by atoms with Crippen LogP contribution in [0.4, 0.5) is 11.4 Å². The average molecular weight is 362 g/mol. The first-order valence-corrected chi connectivity index (χ1v) is 8.58. The lowest BCUT2D eigenvalue weighted by molar-refractivity contribution is -0.133. The van der Waals surface area contributed by atoms with E-state index in [1.54, 1.807) is 41.3 Å². The smallest absolute Gasteiger partial charge is 0.331 e. The van der Waals surface area contributed by atoms with Crippen molar-refractivity contribution in [1.29, 1.82) is 0 Å². The van der Waals surface area contributed by atoms with E-state index in [-0.39, 0.29) is 24.7 Å². The molecule has 1 aliphatic rings. The van der Waals surface area contributed by atoms with Crippen molar-refractivity contribution in [1.82, 2.24) is 0 Å². The fourth-order valence-electron chi connectivity index (χ4n) is 3.26. The van der Waals surface area contributed by atoms with Crippen LogP contribution >= 0.6 is 0 Å². The Morgan fingerprint density at radius 2 is 1.93 bits per heavy atom. The predicted molar refractivity (Wildman–Crippen MR) is 103 cm³/mol. The molecule has 6 heteroatoms. The molecule has 1 aliphatic heterocycles. The van der Waals surface area contributed by atoms with Crippen molar-refractivity contribution in [2.24, 2.45) is 0 Å². The molecule has 136 valence electrons. The molecule has 0 radical (unpaired) electrons. The van der Waals surface area contributed by atoms with Crippen molar-refractivity contribution in [2.45, 2.75) is 6.92 Å². The molecule has 0 saturated carbocycles. The fourth-order valence-corrected chi connectivity index (χ4v) is 3.26. The van der Waals surface area contributed by atoms with Crippen LogP contribution in [0.5, 0.6) is 11.5 Å². The van der Waals surface area contributed by atoms with E-state index in [0.29, 0.717) is 16.8 Å². The molecule has 0 bridgehead atoms. The molecule has 0 unspecified atom stereocenters. The summed E-state index contributed by atoms with van der Waals surface area (Å²) in [5.41, 5.74) is 2.35. The normalized spacial score (nSPS) is 13.2. The maximum absolute atomic E-state index is 12.6. The summed E-state index contributed by atoms with van der Waals surface area (Å²) < 4.78 is 5.25. The highest BCUT2D eigenvalue weighted by molar-refractivity contribution is 6.05. The van der Waals surface area contributed by atoms with Gasteiger partial charge in [-0.3, -0.25) is 4.79 Å². The van der Waals surface area contributed by atoms with Gasteiger partial charge in [-0.15, -0.1) is 0 Å². The van der Waals surface area contributed by atoms with E-state index in [0.717, 1.165) is 16.6 Å². The molecular weight excluding hydrogens is 344 g/mol. The maximum Gasteiger partial charge on any atom is 0.331 e. The van der Waals surface area contributed by atoms with Gasteiger partial charge < -0.3 is 20.1 Å². The molecule has 27 heavy (non-hydrogen) atoms. The molecule has 0 aliphatic carbocycles. The number of fused-ring (bicyclic) bond motifs is 2. The number of aryl methyl sites for hydroxylation is 1. The summed E-state index contributed by atoms with van der Waals surface area (Å²) in [6, 6.07) is 16.0. The summed E-state index contributed by atoms with van der Waals surface area (Å²) in [5, 5.41) is 14.3. The van der Waals surface area contributed by atoms with Crippen LogP contribution in [0.1, 0.15) is 5.56 Å². The highest BCUT2D eigenvalue weighted by Gasteiger charge is 2.25. The Morgan fingerprint density at radius 1 is 1.15 bits per heavy atom. The van der Waals surface area contributed by atoms with Crippen LogP contribution < -0.4 is 15.0 Å². The van der Waals surface area contributed by atoms with Crippen LogP contribution in [0.3, 0.4) is 0 Å². The van der Waals surface area contributed by atoms with E-state index in [4.69, 9.17) is 4.74 Å². The van der Waals surface area contributed by atoms with E-state index in [1.165, 1.54) is 0 Å². The third kappa shape index (κ3) is 3.29. The molecule has 0 saturated heterocycles. The number of hydrogen-bond acceptors (Lipinski definition) is 5. The molecular formula is C21H18N2O4. The monoisotopic (exact) mass is 362 g/mol. The number of phenolic OH excluding ortho intramolecular Hbond substituents is 1. The van der Waals surface area contributed by atoms with E-state index in [2.05, 4.69) is 5.32 Å².